The maximum Gasteiger partial charge on any atom is 0.333 e. The zero-order valence-electron chi connectivity index (χ0n) is 17.1. The van der Waals surface area contributed by atoms with Gasteiger partial charge in [0, 0.05) is 22.9 Å². The number of ether oxygens (including phenoxy) is 1. The fourth-order valence-electron chi connectivity index (χ4n) is 3.28. The number of nitrogens with one attached hydrogen (secondary N) is 1. The van der Waals surface area contributed by atoms with Crippen molar-refractivity contribution in [1.82, 2.24) is 15.1 Å². The zero-order chi connectivity index (χ0) is 22.7. The fraction of sp³-hybridized carbons (Fsp3) is 0.227. The van der Waals surface area contributed by atoms with Crippen molar-refractivity contribution in [2.45, 2.75) is 26.8 Å². The van der Waals surface area contributed by atoms with Crippen LogP contribution in [0.4, 0.5) is 13.2 Å². The van der Waals surface area contributed by atoms with Crippen LogP contribution in [0.3, 0.4) is 0 Å². The minimum absolute atomic E-state index is 0.0595. The van der Waals surface area contributed by atoms with Gasteiger partial charge in [0.1, 0.15) is 17.5 Å². The van der Waals surface area contributed by atoms with E-state index in [2.05, 4.69) is 10.4 Å². The summed E-state index contributed by atoms with van der Waals surface area (Å²) < 4.78 is 46.9. The van der Waals surface area contributed by atoms with Crippen LogP contribution in [0, 0.1) is 31.3 Å². The van der Waals surface area contributed by atoms with E-state index < -0.39 is 35.4 Å². The van der Waals surface area contributed by atoms with E-state index in [1.807, 2.05) is 0 Å². The number of hydrogen-bond donors (Lipinski definition) is 1. The molecule has 1 heterocycles. The van der Waals surface area contributed by atoms with Crippen LogP contribution < -0.4 is 5.32 Å². The summed E-state index contributed by atoms with van der Waals surface area (Å²) in [4.78, 5) is 25.3. The molecular formula is C22H20F3N3O3. The maximum absolute atomic E-state index is 13.5. The van der Waals surface area contributed by atoms with E-state index in [1.165, 1.54) is 28.9 Å². The SMILES string of the molecule is CCOC(=O)C(NC(=O)c1cc(F)cc(F)c1)c1c(C)nn(-c2ccc(F)cc2)c1C. The summed E-state index contributed by atoms with van der Waals surface area (Å²) in [5, 5.41) is 6.88. The molecule has 0 aliphatic carbocycles. The van der Waals surface area contributed by atoms with Crippen LogP contribution in [-0.4, -0.2) is 28.3 Å². The molecule has 162 valence electrons. The van der Waals surface area contributed by atoms with Gasteiger partial charge in [0.15, 0.2) is 6.04 Å². The lowest BCUT2D eigenvalue weighted by Gasteiger charge is -2.18. The largest absolute Gasteiger partial charge is 0.464 e. The van der Waals surface area contributed by atoms with Gasteiger partial charge in [0.2, 0.25) is 0 Å². The predicted molar refractivity (Wildman–Crippen MR) is 106 cm³/mol. The molecule has 2 aromatic carbocycles. The third-order valence-corrected chi connectivity index (χ3v) is 4.63. The maximum atomic E-state index is 13.5. The lowest BCUT2D eigenvalue weighted by molar-refractivity contribution is -0.145. The number of aryl methyl sites for hydroxylation is 1. The Labute approximate surface area is 176 Å². The minimum atomic E-state index is -1.27. The molecule has 1 N–H and O–H groups in total. The monoisotopic (exact) mass is 431 g/mol. The van der Waals surface area contributed by atoms with Gasteiger partial charge >= 0.3 is 5.97 Å². The first-order chi connectivity index (χ1) is 14.7. The number of carbonyl (C=O) groups is 2. The molecule has 1 amide bonds. The molecule has 31 heavy (non-hydrogen) atoms. The Bertz CT molecular complexity index is 1110. The van der Waals surface area contributed by atoms with E-state index in [9.17, 15) is 22.8 Å². The second kappa shape index (κ2) is 9.03. The van der Waals surface area contributed by atoms with Crippen LogP contribution in [0.2, 0.25) is 0 Å². The van der Waals surface area contributed by atoms with Gasteiger partial charge in [-0.15, -0.1) is 0 Å². The highest BCUT2D eigenvalue weighted by atomic mass is 19.1. The van der Waals surface area contributed by atoms with Gasteiger partial charge in [0.05, 0.1) is 18.0 Å². The normalized spacial score (nSPS) is 11.8. The number of nitrogens with zero attached hydrogens (tertiary/aromatic N) is 2. The smallest absolute Gasteiger partial charge is 0.333 e. The predicted octanol–water partition coefficient (Wildman–Crippen LogP) is 3.94. The summed E-state index contributed by atoms with van der Waals surface area (Å²) in [5.74, 6) is -3.87. The molecule has 0 fully saturated rings. The number of esters is 1. The highest BCUT2D eigenvalue weighted by Gasteiger charge is 2.31. The van der Waals surface area contributed by atoms with Crippen LogP contribution in [0.1, 0.15) is 40.3 Å². The van der Waals surface area contributed by atoms with E-state index in [0.29, 0.717) is 28.7 Å². The molecule has 0 aliphatic heterocycles. The van der Waals surface area contributed by atoms with Gasteiger partial charge in [-0.25, -0.2) is 22.6 Å². The van der Waals surface area contributed by atoms with Crippen LogP contribution in [0.25, 0.3) is 5.69 Å². The molecule has 0 saturated carbocycles. The number of amides is 1. The standard InChI is InChI=1S/C22H20F3N3O3/c1-4-31-22(30)20(26-21(29)14-9-16(24)11-17(25)10-14)19-12(2)27-28(13(19)3)18-7-5-15(23)6-8-18/h5-11,20H,4H2,1-3H3,(H,26,29). The van der Waals surface area contributed by atoms with Crippen LogP contribution in [0.5, 0.6) is 0 Å². The highest BCUT2D eigenvalue weighted by Crippen LogP contribution is 2.26. The van der Waals surface area contributed by atoms with E-state index in [-0.39, 0.29) is 12.2 Å². The Hall–Kier alpha value is -3.62. The molecule has 6 nitrogen and oxygen atoms in total. The van der Waals surface area contributed by atoms with Crippen molar-refractivity contribution in [1.29, 1.82) is 0 Å². The van der Waals surface area contributed by atoms with E-state index in [1.54, 1.807) is 20.8 Å². The Balaban J connectivity index is 2.02. The third kappa shape index (κ3) is 4.76. The van der Waals surface area contributed by atoms with E-state index in [4.69, 9.17) is 4.74 Å². The molecule has 1 unspecified atom stereocenters. The number of halogens is 3. The number of benzene rings is 2. The van der Waals surface area contributed by atoms with Crippen molar-refractivity contribution in [2.24, 2.45) is 0 Å². The first kappa shape index (κ1) is 22.1. The van der Waals surface area contributed by atoms with Crippen molar-refractivity contribution >= 4 is 11.9 Å². The van der Waals surface area contributed by atoms with Crippen molar-refractivity contribution in [3.63, 3.8) is 0 Å². The van der Waals surface area contributed by atoms with Crippen molar-refractivity contribution < 1.29 is 27.5 Å². The molecule has 0 bridgehead atoms. The number of rotatable bonds is 6. The summed E-state index contributed by atoms with van der Waals surface area (Å²) in [6.07, 6.45) is 0. The fourth-order valence-corrected chi connectivity index (χ4v) is 3.28. The lowest BCUT2D eigenvalue weighted by atomic mass is 10.0. The molecule has 0 spiro atoms. The molecule has 0 saturated heterocycles. The molecule has 9 heteroatoms. The Morgan fingerprint density at radius 2 is 1.65 bits per heavy atom. The molecule has 1 atom stereocenters. The van der Waals surface area contributed by atoms with Crippen molar-refractivity contribution in [3.05, 3.63) is 82.4 Å². The summed E-state index contributed by atoms with van der Waals surface area (Å²) in [6, 6.07) is 6.68. The number of hydrogen-bond acceptors (Lipinski definition) is 4. The first-order valence-electron chi connectivity index (χ1n) is 9.47. The molecule has 0 radical (unpaired) electrons. The minimum Gasteiger partial charge on any atom is -0.464 e. The number of carbonyl (C=O) groups excluding carboxylic acids is 2. The van der Waals surface area contributed by atoms with Gasteiger partial charge in [-0.2, -0.15) is 5.10 Å². The quantitative estimate of drug-likeness (QED) is 0.600. The van der Waals surface area contributed by atoms with Gasteiger partial charge < -0.3 is 10.1 Å². The molecule has 3 rings (SSSR count). The first-order valence-corrected chi connectivity index (χ1v) is 9.47. The third-order valence-electron chi connectivity index (χ3n) is 4.63. The van der Waals surface area contributed by atoms with Gasteiger partial charge in [0.25, 0.3) is 5.91 Å². The van der Waals surface area contributed by atoms with E-state index in [0.717, 1.165) is 12.1 Å². The van der Waals surface area contributed by atoms with Crippen molar-refractivity contribution in [3.8, 4) is 5.69 Å². The number of aromatic nitrogens is 2. The average molecular weight is 431 g/mol. The molecule has 1 aromatic heterocycles. The second-order valence-electron chi connectivity index (χ2n) is 6.79. The molecule has 3 aromatic rings. The Morgan fingerprint density at radius 3 is 2.23 bits per heavy atom. The zero-order valence-corrected chi connectivity index (χ0v) is 17.1. The van der Waals surface area contributed by atoms with Gasteiger partial charge in [-0.05, 0) is 57.2 Å². The summed E-state index contributed by atoms with van der Waals surface area (Å²) in [5.41, 5.74) is 1.56. The van der Waals surface area contributed by atoms with Gasteiger partial charge in [-0.3, -0.25) is 4.79 Å². The Morgan fingerprint density at radius 1 is 1.03 bits per heavy atom. The second-order valence-corrected chi connectivity index (χ2v) is 6.79. The highest BCUT2D eigenvalue weighted by molar-refractivity contribution is 5.97. The summed E-state index contributed by atoms with van der Waals surface area (Å²) in [6.45, 7) is 4.99. The van der Waals surface area contributed by atoms with Crippen LogP contribution in [0.15, 0.2) is 42.5 Å². The summed E-state index contributed by atoms with van der Waals surface area (Å²) in [7, 11) is 0. The van der Waals surface area contributed by atoms with Gasteiger partial charge in [-0.1, -0.05) is 0 Å². The van der Waals surface area contributed by atoms with Crippen molar-refractivity contribution in [2.75, 3.05) is 6.61 Å². The average Bonchev–Trinajstić information content (AvgIpc) is 3.00. The molecule has 0 aliphatic rings. The Kier molecular flexibility index (Phi) is 6.43. The molecular weight excluding hydrogens is 411 g/mol. The lowest BCUT2D eigenvalue weighted by Crippen LogP contribution is -2.35. The van der Waals surface area contributed by atoms with Crippen LogP contribution >= 0.6 is 0 Å². The van der Waals surface area contributed by atoms with E-state index >= 15 is 0 Å². The summed E-state index contributed by atoms with van der Waals surface area (Å²) >= 11 is 0. The topological polar surface area (TPSA) is 73.2 Å². The van der Waals surface area contributed by atoms with Crippen LogP contribution in [-0.2, 0) is 9.53 Å².